The van der Waals surface area contributed by atoms with Crippen LogP contribution >= 0.6 is 0 Å². The first-order valence-electron chi connectivity index (χ1n) is 5.91. The van der Waals surface area contributed by atoms with Gasteiger partial charge in [0.25, 0.3) is 0 Å². The Hall–Kier alpha value is -0.900. The van der Waals surface area contributed by atoms with Crippen molar-refractivity contribution in [2.75, 3.05) is 6.54 Å². The van der Waals surface area contributed by atoms with E-state index in [4.69, 9.17) is 0 Å². The van der Waals surface area contributed by atoms with Crippen LogP contribution in [0.1, 0.15) is 46.0 Å². The monoisotopic (exact) mass is 225 g/mol. The van der Waals surface area contributed by atoms with Gasteiger partial charge < -0.3 is 5.11 Å². The fraction of sp³-hybridized carbons (Fsp3) is 0.833. The van der Waals surface area contributed by atoms with Gasteiger partial charge in [0.15, 0.2) is 0 Å². The Morgan fingerprint density at radius 3 is 2.25 bits per heavy atom. The average molecular weight is 225 g/mol. The minimum absolute atomic E-state index is 0.141. The predicted molar refractivity (Wildman–Crippen MR) is 58.5 cm³/mol. The summed E-state index contributed by atoms with van der Waals surface area (Å²) in [6, 6.07) is 0. The summed E-state index contributed by atoms with van der Waals surface area (Å²) >= 11 is 0. The van der Waals surface area contributed by atoms with Crippen LogP contribution in [0, 0.1) is 5.41 Å². The number of carbonyl (C=O) groups excluding carboxylic acids is 2. The van der Waals surface area contributed by atoms with Gasteiger partial charge in [0, 0.05) is 6.42 Å². The minimum atomic E-state index is -0.828. The lowest BCUT2D eigenvalue weighted by Gasteiger charge is -2.28. The van der Waals surface area contributed by atoms with Gasteiger partial charge in [0.1, 0.15) is 0 Å². The zero-order chi connectivity index (χ0) is 12.0. The largest absolute Gasteiger partial charge is 0.388 e. The highest BCUT2D eigenvalue weighted by Crippen LogP contribution is 2.36. The molecule has 2 fully saturated rings. The lowest BCUT2D eigenvalue weighted by molar-refractivity contribution is -0.144. The average Bonchev–Trinajstić information content (AvgIpc) is 2.66. The first-order valence-corrected chi connectivity index (χ1v) is 5.91. The molecule has 0 aromatic rings. The zero-order valence-corrected chi connectivity index (χ0v) is 9.95. The smallest absolute Gasteiger partial charge is 0.235 e. The molecular weight excluding hydrogens is 206 g/mol. The fourth-order valence-electron chi connectivity index (χ4n) is 2.67. The van der Waals surface area contributed by atoms with Crippen LogP contribution in [0.4, 0.5) is 0 Å². The second kappa shape index (κ2) is 3.55. The Labute approximate surface area is 95.6 Å². The van der Waals surface area contributed by atoms with Crippen LogP contribution in [-0.4, -0.2) is 34.0 Å². The highest BCUT2D eigenvalue weighted by molar-refractivity contribution is 6.05. The number of imide groups is 1. The Balaban J connectivity index is 2.11. The fourth-order valence-corrected chi connectivity index (χ4v) is 2.67. The number of carbonyl (C=O) groups is 2. The van der Waals surface area contributed by atoms with Gasteiger partial charge in [0.05, 0.1) is 17.6 Å². The third-order valence-electron chi connectivity index (χ3n) is 3.71. The highest BCUT2D eigenvalue weighted by Gasteiger charge is 2.47. The molecule has 2 aliphatic rings. The van der Waals surface area contributed by atoms with Gasteiger partial charge >= 0.3 is 0 Å². The van der Waals surface area contributed by atoms with Gasteiger partial charge in [0.2, 0.25) is 11.8 Å². The molecule has 0 aromatic carbocycles. The molecule has 0 unspecified atom stereocenters. The van der Waals surface area contributed by atoms with Gasteiger partial charge in [-0.2, -0.15) is 0 Å². The lowest BCUT2D eigenvalue weighted by atomic mass is 9.92. The van der Waals surface area contributed by atoms with Crippen molar-refractivity contribution in [3.8, 4) is 0 Å². The molecule has 1 saturated heterocycles. The van der Waals surface area contributed by atoms with Crippen molar-refractivity contribution < 1.29 is 14.7 Å². The summed E-state index contributed by atoms with van der Waals surface area (Å²) in [6.07, 6.45) is 3.63. The quantitative estimate of drug-likeness (QED) is 0.715. The molecule has 2 amide bonds. The van der Waals surface area contributed by atoms with E-state index in [1.54, 1.807) is 13.8 Å². The third-order valence-corrected chi connectivity index (χ3v) is 3.71. The van der Waals surface area contributed by atoms with Crippen LogP contribution in [0.15, 0.2) is 0 Å². The van der Waals surface area contributed by atoms with Crippen LogP contribution in [-0.2, 0) is 9.59 Å². The molecule has 1 aliphatic carbocycles. The van der Waals surface area contributed by atoms with Crippen LogP contribution < -0.4 is 0 Å². The molecule has 90 valence electrons. The van der Waals surface area contributed by atoms with Gasteiger partial charge in [-0.1, -0.05) is 26.7 Å². The van der Waals surface area contributed by atoms with Crippen molar-refractivity contribution in [3.63, 3.8) is 0 Å². The Morgan fingerprint density at radius 2 is 1.81 bits per heavy atom. The van der Waals surface area contributed by atoms with Crippen molar-refractivity contribution in [2.45, 2.75) is 51.6 Å². The molecule has 1 saturated carbocycles. The summed E-state index contributed by atoms with van der Waals surface area (Å²) < 4.78 is 0. The number of amides is 2. The summed E-state index contributed by atoms with van der Waals surface area (Å²) in [5.41, 5.74) is -1.42. The molecule has 0 radical (unpaired) electrons. The minimum Gasteiger partial charge on any atom is -0.388 e. The Kier molecular flexibility index (Phi) is 2.57. The standard InChI is InChI=1S/C12H19NO3/c1-11(2)7-9(14)13(10(11)15)8-12(16)5-3-4-6-12/h16H,3-8H2,1-2H3. The second-order valence-electron chi connectivity index (χ2n) is 5.78. The maximum atomic E-state index is 12.0. The topological polar surface area (TPSA) is 57.6 Å². The molecule has 1 heterocycles. The summed E-state index contributed by atoms with van der Waals surface area (Å²) in [5, 5.41) is 10.2. The molecule has 16 heavy (non-hydrogen) atoms. The normalized spacial score (nSPS) is 27.8. The van der Waals surface area contributed by atoms with Gasteiger partial charge in [-0.05, 0) is 12.8 Å². The van der Waals surface area contributed by atoms with E-state index in [1.807, 2.05) is 0 Å². The van der Waals surface area contributed by atoms with Crippen molar-refractivity contribution in [3.05, 3.63) is 0 Å². The molecule has 4 nitrogen and oxygen atoms in total. The molecule has 2 rings (SSSR count). The van der Waals surface area contributed by atoms with E-state index in [-0.39, 0.29) is 24.8 Å². The number of rotatable bonds is 2. The number of hydrogen-bond donors (Lipinski definition) is 1. The molecule has 4 heteroatoms. The van der Waals surface area contributed by atoms with E-state index in [1.165, 1.54) is 4.90 Å². The number of nitrogens with zero attached hydrogens (tertiary/aromatic N) is 1. The number of likely N-dealkylation sites (tertiary alicyclic amines) is 1. The first kappa shape index (κ1) is 11.6. The highest BCUT2D eigenvalue weighted by atomic mass is 16.3. The molecule has 0 atom stereocenters. The van der Waals surface area contributed by atoms with Crippen LogP contribution in [0.25, 0.3) is 0 Å². The van der Waals surface area contributed by atoms with Crippen LogP contribution in [0.3, 0.4) is 0 Å². The van der Waals surface area contributed by atoms with Gasteiger partial charge in [-0.25, -0.2) is 0 Å². The van der Waals surface area contributed by atoms with E-state index < -0.39 is 11.0 Å². The number of hydrogen-bond acceptors (Lipinski definition) is 3. The van der Waals surface area contributed by atoms with E-state index in [9.17, 15) is 14.7 Å². The van der Waals surface area contributed by atoms with Crippen LogP contribution in [0.5, 0.6) is 0 Å². The summed E-state index contributed by atoms with van der Waals surface area (Å²) in [7, 11) is 0. The molecule has 1 aliphatic heterocycles. The molecule has 1 N–H and O–H groups in total. The zero-order valence-electron chi connectivity index (χ0n) is 9.95. The predicted octanol–water partition coefficient (Wildman–Crippen LogP) is 1.08. The maximum Gasteiger partial charge on any atom is 0.235 e. The molecular formula is C12H19NO3. The van der Waals surface area contributed by atoms with Gasteiger partial charge in [-0.3, -0.25) is 14.5 Å². The third kappa shape index (κ3) is 1.86. The Morgan fingerprint density at radius 1 is 1.25 bits per heavy atom. The van der Waals surface area contributed by atoms with Crippen molar-refractivity contribution in [1.82, 2.24) is 4.90 Å². The van der Waals surface area contributed by atoms with Crippen molar-refractivity contribution in [1.29, 1.82) is 0 Å². The SMILES string of the molecule is CC1(C)CC(=O)N(CC2(O)CCCC2)C1=O. The molecule has 0 bridgehead atoms. The van der Waals surface area contributed by atoms with Gasteiger partial charge in [-0.15, -0.1) is 0 Å². The number of aliphatic hydroxyl groups is 1. The maximum absolute atomic E-state index is 12.0. The van der Waals surface area contributed by atoms with E-state index in [0.29, 0.717) is 12.8 Å². The summed E-state index contributed by atoms with van der Waals surface area (Å²) in [6.45, 7) is 3.76. The van der Waals surface area contributed by atoms with Crippen molar-refractivity contribution >= 4 is 11.8 Å². The summed E-state index contributed by atoms with van der Waals surface area (Å²) in [4.78, 5) is 24.9. The van der Waals surface area contributed by atoms with Crippen LogP contribution in [0.2, 0.25) is 0 Å². The summed E-state index contributed by atoms with van der Waals surface area (Å²) in [5.74, 6) is -0.284. The van der Waals surface area contributed by atoms with E-state index in [2.05, 4.69) is 0 Å². The molecule has 0 aromatic heterocycles. The molecule has 0 spiro atoms. The van der Waals surface area contributed by atoms with E-state index >= 15 is 0 Å². The number of β-amino-alcohol motifs (C(OH)–C–C–N with tert-alkyl or cyclic N) is 1. The Bertz CT molecular complexity index is 329. The lowest BCUT2D eigenvalue weighted by Crippen LogP contribution is -2.45. The van der Waals surface area contributed by atoms with Crippen molar-refractivity contribution in [2.24, 2.45) is 5.41 Å². The first-order chi connectivity index (χ1) is 7.34. The second-order valence-corrected chi connectivity index (χ2v) is 5.78. The van der Waals surface area contributed by atoms with E-state index in [0.717, 1.165) is 12.8 Å².